The summed E-state index contributed by atoms with van der Waals surface area (Å²) in [5.41, 5.74) is 0.309. The lowest BCUT2D eigenvalue weighted by Gasteiger charge is -2.46. The van der Waals surface area contributed by atoms with Crippen molar-refractivity contribution in [2.45, 2.75) is 70.5 Å². The first-order chi connectivity index (χ1) is 26.1. The SMILES string of the molecule is CC1[C@@H](O[C@@H]2C(OS(=O)(=O)Oc3ccc([N+](=O)[O-])cc3)[C@@H]3OCC(O3)[C@H]2OS(=O)(=O)Oc2ccc([N+](=O)[O-])cc2)OC(COCc2ccccc2)[C@@H](C)[C@@H]1C. The molecule has 6 rings (SSSR count). The molecule has 0 radical (unpaired) electrons. The number of benzene rings is 3. The summed E-state index contributed by atoms with van der Waals surface area (Å²) in [5.74, 6) is -1.06. The molecule has 3 aliphatic heterocycles. The second-order valence-electron chi connectivity index (χ2n) is 13.2. The molecular weight excluding hydrogens is 773 g/mol. The average Bonchev–Trinajstić information content (AvgIpc) is 3.59. The highest BCUT2D eigenvalue weighted by atomic mass is 32.3. The Bertz CT molecular complexity index is 1910. The van der Waals surface area contributed by atoms with Crippen molar-refractivity contribution in [1.29, 1.82) is 0 Å². The Hall–Kier alpha value is -4.32. The van der Waals surface area contributed by atoms with Gasteiger partial charge < -0.3 is 32.1 Å². The first-order valence-corrected chi connectivity index (χ1v) is 19.7. The normalized spacial score (nSPS) is 29.4. The molecule has 3 saturated heterocycles. The lowest BCUT2D eigenvalue weighted by Crippen LogP contribution is -2.60. The lowest BCUT2D eigenvalue weighted by atomic mass is 9.79. The van der Waals surface area contributed by atoms with Gasteiger partial charge in [-0.2, -0.15) is 16.8 Å². The Morgan fingerprint density at radius 1 is 0.691 bits per heavy atom. The van der Waals surface area contributed by atoms with E-state index < -0.39 is 73.7 Å². The van der Waals surface area contributed by atoms with Crippen molar-refractivity contribution in [2.24, 2.45) is 17.8 Å². The van der Waals surface area contributed by atoms with E-state index in [1.54, 1.807) is 0 Å². The first kappa shape index (κ1) is 40.3. The van der Waals surface area contributed by atoms with E-state index in [-0.39, 0.29) is 53.8 Å². The summed E-state index contributed by atoms with van der Waals surface area (Å²) in [4.78, 5) is 20.8. The highest BCUT2D eigenvalue weighted by molar-refractivity contribution is 7.82. The second-order valence-corrected chi connectivity index (χ2v) is 15.6. The number of nitro benzene ring substituents is 2. The van der Waals surface area contributed by atoms with Gasteiger partial charge in [0.25, 0.3) is 11.4 Å². The molecule has 3 heterocycles. The maximum atomic E-state index is 13.3. The fourth-order valence-corrected chi connectivity index (χ4v) is 8.11. The molecule has 3 aliphatic rings. The van der Waals surface area contributed by atoms with E-state index in [1.807, 2.05) is 51.1 Å². The van der Waals surface area contributed by atoms with Crippen LogP contribution in [0.25, 0.3) is 0 Å². The van der Waals surface area contributed by atoms with E-state index in [0.717, 1.165) is 54.1 Å². The minimum Gasteiger partial charge on any atom is -0.374 e. The van der Waals surface area contributed by atoms with E-state index in [4.69, 9.17) is 40.4 Å². The monoisotopic (exact) mass is 810 g/mol. The molecule has 10 atom stereocenters. The molecule has 0 spiro atoms. The first-order valence-electron chi connectivity index (χ1n) is 17.0. The van der Waals surface area contributed by atoms with Crippen LogP contribution in [0.4, 0.5) is 11.4 Å². The van der Waals surface area contributed by atoms with Crippen LogP contribution in [0.3, 0.4) is 0 Å². The Morgan fingerprint density at radius 2 is 1.24 bits per heavy atom. The molecule has 0 aliphatic carbocycles. The van der Waals surface area contributed by atoms with Gasteiger partial charge in [-0.25, -0.2) is 8.37 Å². The van der Waals surface area contributed by atoms with E-state index in [9.17, 15) is 37.1 Å². The molecule has 4 unspecified atom stereocenters. The molecule has 3 aromatic carbocycles. The topological polar surface area (TPSA) is 238 Å². The largest absolute Gasteiger partial charge is 0.449 e. The summed E-state index contributed by atoms with van der Waals surface area (Å²) < 4.78 is 105. The molecule has 21 heteroatoms. The van der Waals surface area contributed by atoms with Gasteiger partial charge in [0.15, 0.2) is 18.7 Å². The van der Waals surface area contributed by atoms with Crippen LogP contribution in [-0.2, 0) is 59.5 Å². The van der Waals surface area contributed by atoms with Crippen LogP contribution in [-0.4, -0.2) is 83.0 Å². The van der Waals surface area contributed by atoms with Gasteiger partial charge in [0.2, 0.25) is 0 Å². The third-order valence-electron chi connectivity index (χ3n) is 9.63. The van der Waals surface area contributed by atoms with Gasteiger partial charge in [0.05, 0.1) is 35.8 Å². The number of rotatable bonds is 16. The second kappa shape index (κ2) is 16.8. The summed E-state index contributed by atoms with van der Waals surface area (Å²) in [7, 11) is -10.0. The molecule has 3 aromatic rings. The van der Waals surface area contributed by atoms with Crippen molar-refractivity contribution < 1.29 is 67.1 Å². The van der Waals surface area contributed by atoms with Gasteiger partial charge in [0.1, 0.15) is 29.8 Å². The number of hydrogen-bond acceptors (Lipinski definition) is 17. The van der Waals surface area contributed by atoms with Gasteiger partial charge in [0, 0.05) is 30.2 Å². The molecule has 298 valence electrons. The van der Waals surface area contributed by atoms with E-state index in [0.29, 0.717) is 6.61 Å². The van der Waals surface area contributed by atoms with Gasteiger partial charge in [-0.1, -0.05) is 51.1 Å². The molecule has 2 bridgehead atoms. The summed E-state index contributed by atoms with van der Waals surface area (Å²) in [6.45, 7) is 6.04. The molecule has 0 saturated carbocycles. The van der Waals surface area contributed by atoms with E-state index >= 15 is 0 Å². The van der Waals surface area contributed by atoms with Crippen molar-refractivity contribution in [3.63, 3.8) is 0 Å². The smallest absolute Gasteiger partial charge is 0.374 e. The third-order valence-corrected chi connectivity index (χ3v) is 11.3. The highest BCUT2D eigenvalue weighted by Gasteiger charge is 2.58. The van der Waals surface area contributed by atoms with Crippen LogP contribution in [0.2, 0.25) is 0 Å². The lowest BCUT2D eigenvalue weighted by molar-refractivity contribution is -0.385. The zero-order valence-corrected chi connectivity index (χ0v) is 31.2. The number of nitro groups is 2. The quantitative estimate of drug-likeness (QED) is 0.145. The predicted molar refractivity (Wildman–Crippen MR) is 187 cm³/mol. The average molecular weight is 811 g/mol. The standard InChI is InChI=1S/C34H38N2O17S2/c1-20-21(2)28(18-45-17-23-7-5-4-6-8-23)47-33(22(20)3)49-31-30(52-54(41,42)50-26-13-9-24(10-14-26)35(37)38)29-19-46-34(48-29)32(31)53-55(43,44)51-27-15-11-25(12-16-27)36(39)40/h4-16,20-22,28-34H,17-19H2,1-3H3/t20-,21-,22?,28?,29?,30+,31-,32?,33+,34+/m0/s1. The van der Waals surface area contributed by atoms with Crippen molar-refractivity contribution in [3.05, 3.63) is 105 Å². The van der Waals surface area contributed by atoms with E-state index in [1.165, 1.54) is 0 Å². The van der Waals surface area contributed by atoms with Crippen LogP contribution in [0.15, 0.2) is 78.9 Å². The zero-order valence-electron chi connectivity index (χ0n) is 29.6. The third kappa shape index (κ3) is 9.92. The minimum atomic E-state index is -5.04. The zero-order chi connectivity index (χ0) is 39.5. The summed E-state index contributed by atoms with van der Waals surface area (Å²) in [5, 5.41) is 22.1. The number of fused-ring (bicyclic) bond motifs is 2. The Balaban J connectivity index is 1.26. The molecular formula is C34H38N2O17S2. The van der Waals surface area contributed by atoms with Crippen LogP contribution in [0.5, 0.6) is 11.5 Å². The summed E-state index contributed by atoms with van der Waals surface area (Å²) >= 11 is 0. The van der Waals surface area contributed by atoms with Crippen molar-refractivity contribution in [1.82, 2.24) is 0 Å². The van der Waals surface area contributed by atoms with Gasteiger partial charge in [-0.15, -0.1) is 0 Å². The van der Waals surface area contributed by atoms with Crippen LogP contribution < -0.4 is 8.37 Å². The number of hydrogen-bond donors (Lipinski definition) is 0. The maximum Gasteiger partial charge on any atom is 0.449 e. The maximum absolute atomic E-state index is 13.3. The summed E-state index contributed by atoms with van der Waals surface area (Å²) in [6.07, 6.45) is -9.20. The van der Waals surface area contributed by atoms with Crippen molar-refractivity contribution in [2.75, 3.05) is 13.2 Å². The fourth-order valence-electron chi connectivity index (χ4n) is 6.36. The molecule has 0 N–H and O–H groups in total. The number of ether oxygens (including phenoxy) is 5. The van der Waals surface area contributed by atoms with Crippen LogP contribution >= 0.6 is 0 Å². The van der Waals surface area contributed by atoms with Gasteiger partial charge >= 0.3 is 20.8 Å². The Morgan fingerprint density at radius 3 is 1.78 bits per heavy atom. The Kier molecular flexibility index (Phi) is 12.3. The fraction of sp³-hybridized carbons (Fsp3) is 0.471. The number of non-ortho nitro benzene ring substituents is 2. The molecule has 3 fully saturated rings. The minimum absolute atomic E-state index is 0.0233. The van der Waals surface area contributed by atoms with Crippen molar-refractivity contribution >= 4 is 32.2 Å². The van der Waals surface area contributed by atoms with E-state index in [2.05, 4.69) is 0 Å². The predicted octanol–water partition coefficient (Wildman–Crippen LogP) is 4.21. The number of nitrogens with zero attached hydrogens (tertiary/aromatic N) is 2. The van der Waals surface area contributed by atoms with Crippen molar-refractivity contribution in [3.8, 4) is 11.5 Å². The summed E-state index contributed by atoms with van der Waals surface area (Å²) in [6, 6.07) is 17.8. The molecule has 55 heavy (non-hydrogen) atoms. The Labute approximate surface area is 316 Å². The van der Waals surface area contributed by atoms with Crippen LogP contribution in [0, 0.1) is 38.0 Å². The molecule has 0 amide bonds. The highest BCUT2D eigenvalue weighted by Crippen LogP contribution is 2.41. The van der Waals surface area contributed by atoms with Gasteiger partial charge in [-0.05, 0) is 41.7 Å². The molecule has 19 nitrogen and oxygen atoms in total. The molecule has 0 aromatic heterocycles. The van der Waals surface area contributed by atoms with Gasteiger partial charge in [-0.3, -0.25) is 20.2 Å². The van der Waals surface area contributed by atoms with Crippen LogP contribution in [0.1, 0.15) is 26.3 Å².